The average Bonchev–Trinajstić information content (AvgIpc) is 2.65. The van der Waals surface area contributed by atoms with E-state index in [1.165, 1.54) is 13.2 Å². The van der Waals surface area contributed by atoms with Gasteiger partial charge in [-0.15, -0.1) is 0 Å². The first kappa shape index (κ1) is 17.7. The number of amides is 2. The molecule has 1 N–H and O–H groups in total. The number of carbonyl (C=O) groups is 3. The predicted molar refractivity (Wildman–Crippen MR) is 89.2 cm³/mol. The molecule has 128 valence electrons. The van der Waals surface area contributed by atoms with Gasteiger partial charge in [-0.25, -0.2) is 4.79 Å². The summed E-state index contributed by atoms with van der Waals surface area (Å²) in [4.78, 5) is 37.1. The van der Waals surface area contributed by atoms with E-state index in [9.17, 15) is 14.4 Å². The van der Waals surface area contributed by atoms with Crippen molar-refractivity contribution in [1.29, 1.82) is 0 Å². The molecule has 0 spiro atoms. The Labute approximate surface area is 141 Å². The minimum absolute atomic E-state index is 0.00969. The summed E-state index contributed by atoms with van der Waals surface area (Å²) in [5.41, 5.74) is 0.674. The molecule has 0 unspecified atom stereocenters. The van der Waals surface area contributed by atoms with Crippen LogP contribution >= 0.6 is 0 Å². The molecule has 1 aromatic rings. The quantitative estimate of drug-likeness (QED) is 0.654. The number of likely N-dealkylation sites (tertiary alicyclic amines) is 1. The van der Waals surface area contributed by atoms with Crippen molar-refractivity contribution < 1.29 is 19.1 Å². The number of ether oxygens (including phenoxy) is 1. The third kappa shape index (κ3) is 4.94. The SMILES string of the molecule is COC(=O)/C=C/CNC(=O)C1CCN(C(=O)c2ccccc2)CC1. The number of rotatable bonds is 5. The summed E-state index contributed by atoms with van der Waals surface area (Å²) in [6.45, 7) is 1.44. The first-order valence-electron chi connectivity index (χ1n) is 7.98. The molecule has 0 radical (unpaired) electrons. The van der Waals surface area contributed by atoms with Gasteiger partial charge in [0, 0.05) is 37.2 Å². The van der Waals surface area contributed by atoms with Gasteiger partial charge in [0.2, 0.25) is 5.91 Å². The molecule has 0 bridgehead atoms. The molecule has 0 saturated carbocycles. The van der Waals surface area contributed by atoms with Crippen LogP contribution in [0.2, 0.25) is 0 Å². The van der Waals surface area contributed by atoms with Gasteiger partial charge in [-0.3, -0.25) is 9.59 Å². The Morgan fingerprint density at radius 3 is 2.50 bits per heavy atom. The lowest BCUT2D eigenvalue weighted by Gasteiger charge is -2.31. The van der Waals surface area contributed by atoms with Gasteiger partial charge < -0.3 is 15.0 Å². The number of nitrogens with one attached hydrogen (secondary N) is 1. The number of hydrogen-bond acceptors (Lipinski definition) is 4. The summed E-state index contributed by atoms with van der Waals surface area (Å²) in [5, 5.41) is 2.77. The number of methoxy groups -OCH3 is 1. The third-order valence-corrected chi connectivity index (χ3v) is 4.02. The largest absolute Gasteiger partial charge is 0.466 e. The lowest BCUT2D eigenvalue weighted by atomic mass is 9.95. The van der Waals surface area contributed by atoms with E-state index in [-0.39, 0.29) is 24.3 Å². The molecule has 2 amide bonds. The van der Waals surface area contributed by atoms with Gasteiger partial charge in [0.1, 0.15) is 0 Å². The second-order valence-electron chi connectivity index (χ2n) is 5.60. The third-order valence-electron chi connectivity index (χ3n) is 4.02. The molecular weight excluding hydrogens is 308 g/mol. The molecule has 24 heavy (non-hydrogen) atoms. The zero-order valence-corrected chi connectivity index (χ0v) is 13.7. The van der Waals surface area contributed by atoms with E-state index in [0.717, 1.165) is 0 Å². The Morgan fingerprint density at radius 2 is 1.88 bits per heavy atom. The fraction of sp³-hybridized carbons (Fsp3) is 0.389. The number of esters is 1. The predicted octanol–water partition coefficient (Wildman–Crippen LogP) is 1.38. The lowest BCUT2D eigenvalue weighted by molar-refractivity contribution is -0.135. The molecule has 1 fully saturated rings. The number of hydrogen-bond donors (Lipinski definition) is 1. The zero-order valence-electron chi connectivity index (χ0n) is 13.7. The summed E-state index contributed by atoms with van der Waals surface area (Å²) in [6, 6.07) is 9.16. The van der Waals surface area contributed by atoms with E-state index in [1.807, 2.05) is 18.2 Å². The normalized spacial score (nSPS) is 15.3. The number of carbonyl (C=O) groups excluding carboxylic acids is 3. The fourth-order valence-corrected chi connectivity index (χ4v) is 2.64. The average molecular weight is 330 g/mol. The highest BCUT2D eigenvalue weighted by Crippen LogP contribution is 2.19. The summed E-state index contributed by atoms with van der Waals surface area (Å²) in [6.07, 6.45) is 4.12. The first-order chi connectivity index (χ1) is 11.6. The van der Waals surface area contributed by atoms with E-state index < -0.39 is 5.97 Å². The van der Waals surface area contributed by atoms with Crippen molar-refractivity contribution in [3.8, 4) is 0 Å². The molecule has 1 saturated heterocycles. The summed E-state index contributed by atoms with van der Waals surface area (Å²) < 4.78 is 4.47. The van der Waals surface area contributed by atoms with Crippen molar-refractivity contribution in [1.82, 2.24) is 10.2 Å². The van der Waals surface area contributed by atoms with Crippen molar-refractivity contribution in [3.63, 3.8) is 0 Å². The maximum atomic E-state index is 12.4. The van der Waals surface area contributed by atoms with Crippen LogP contribution in [-0.4, -0.2) is 49.4 Å². The number of benzene rings is 1. The van der Waals surface area contributed by atoms with Crippen LogP contribution in [0.3, 0.4) is 0 Å². The van der Waals surface area contributed by atoms with Gasteiger partial charge in [-0.05, 0) is 25.0 Å². The van der Waals surface area contributed by atoms with Crippen LogP contribution in [0.4, 0.5) is 0 Å². The Hall–Kier alpha value is -2.63. The fourth-order valence-electron chi connectivity index (χ4n) is 2.64. The van der Waals surface area contributed by atoms with Crippen molar-refractivity contribution in [3.05, 3.63) is 48.0 Å². The van der Waals surface area contributed by atoms with Crippen LogP contribution < -0.4 is 5.32 Å². The van der Waals surface area contributed by atoms with Gasteiger partial charge in [0.25, 0.3) is 5.91 Å². The van der Waals surface area contributed by atoms with Gasteiger partial charge in [0.15, 0.2) is 0 Å². The van der Waals surface area contributed by atoms with E-state index in [1.54, 1.807) is 23.1 Å². The van der Waals surface area contributed by atoms with Crippen LogP contribution in [0.5, 0.6) is 0 Å². The van der Waals surface area contributed by atoms with Crippen LogP contribution in [0.15, 0.2) is 42.5 Å². The van der Waals surface area contributed by atoms with Crippen LogP contribution in [0, 0.1) is 5.92 Å². The Bertz CT molecular complexity index is 605. The molecule has 0 aromatic heterocycles. The number of piperidine rings is 1. The second kappa shape index (κ2) is 8.86. The maximum absolute atomic E-state index is 12.4. The van der Waals surface area contributed by atoms with Gasteiger partial charge in [-0.1, -0.05) is 24.3 Å². The van der Waals surface area contributed by atoms with Gasteiger partial charge in [0.05, 0.1) is 7.11 Å². The monoisotopic (exact) mass is 330 g/mol. The van der Waals surface area contributed by atoms with E-state index >= 15 is 0 Å². The molecule has 1 aliphatic heterocycles. The molecule has 0 atom stereocenters. The molecule has 0 aliphatic carbocycles. The van der Waals surface area contributed by atoms with E-state index in [2.05, 4.69) is 10.1 Å². The Kier molecular flexibility index (Phi) is 6.54. The minimum atomic E-state index is -0.447. The topological polar surface area (TPSA) is 75.7 Å². The zero-order chi connectivity index (χ0) is 17.4. The Balaban J connectivity index is 1.76. The van der Waals surface area contributed by atoms with E-state index in [4.69, 9.17) is 0 Å². The van der Waals surface area contributed by atoms with E-state index in [0.29, 0.717) is 31.5 Å². The highest BCUT2D eigenvalue weighted by molar-refractivity contribution is 5.94. The first-order valence-corrected chi connectivity index (χ1v) is 7.98. The van der Waals surface area contributed by atoms with Crippen LogP contribution in [0.1, 0.15) is 23.2 Å². The highest BCUT2D eigenvalue weighted by atomic mass is 16.5. The second-order valence-corrected chi connectivity index (χ2v) is 5.60. The summed E-state index contributed by atoms with van der Waals surface area (Å²) in [7, 11) is 1.30. The molecule has 6 heteroatoms. The standard InChI is InChI=1S/C18H22N2O4/c1-24-16(21)8-5-11-19-17(22)14-9-12-20(13-10-14)18(23)15-6-3-2-4-7-15/h2-8,14H,9-13H2,1H3,(H,19,22)/b8-5+. The highest BCUT2D eigenvalue weighted by Gasteiger charge is 2.27. The van der Waals surface area contributed by atoms with Crippen molar-refractivity contribution in [2.24, 2.45) is 5.92 Å². The van der Waals surface area contributed by atoms with Crippen LogP contribution in [0.25, 0.3) is 0 Å². The summed E-state index contributed by atoms with van der Waals surface area (Å²) in [5.74, 6) is -0.583. The van der Waals surface area contributed by atoms with Gasteiger partial charge in [-0.2, -0.15) is 0 Å². The molecule has 1 aromatic carbocycles. The lowest BCUT2D eigenvalue weighted by Crippen LogP contribution is -2.43. The number of nitrogens with zero attached hydrogens (tertiary/aromatic N) is 1. The smallest absolute Gasteiger partial charge is 0.330 e. The maximum Gasteiger partial charge on any atom is 0.330 e. The van der Waals surface area contributed by atoms with Gasteiger partial charge >= 0.3 is 5.97 Å². The summed E-state index contributed by atoms with van der Waals surface area (Å²) >= 11 is 0. The van der Waals surface area contributed by atoms with Crippen molar-refractivity contribution in [2.75, 3.05) is 26.7 Å². The minimum Gasteiger partial charge on any atom is -0.466 e. The molecular formula is C18H22N2O4. The molecule has 1 aliphatic rings. The van der Waals surface area contributed by atoms with Crippen molar-refractivity contribution >= 4 is 17.8 Å². The van der Waals surface area contributed by atoms with Crippen molar-refractivity contribution in [2.45, 2.75) is 12.8 Å². The molecule has 1 heterocycles. The molecule has 6 nitrogen and oxygen atoms in total. The van der Waals surface area contributed by atoms with Crippen LogP contribution in [-0.2, 0) is 14.3 Å². The Morgan fingerprint density at radius 1 is 1.21 bits per heavy atom. The molecule has 2 rings (SSSR count).